The average molecular weight is 184 g/mol. The lowest BCUT2D eigenvalue weighted by molar-refractivity contribution is -0.00410. The van der Waals surface area contributed by atoms with Crippen molar-refractivity contribution in [3.8, 4) is 0 Å². The van der Waals surface area contributed by atoms with Gasteiger partial charge in [-0.1, -0.05) is 31.4 Å². The monoisotopic (exact) mass is 184 g/mol. The lowest BCUT2D eigenvalue weighted by Gasteiger charge is -2.30. The van der Waals surface area contributed by atoms with Gasteiger partial charge in [-0.2, -0.15) is 0 Å². The number of aliphatic hydroxyl groups is 2. The second-order valence-corrected chi connectivity index (χ2v) is 3.97. The Morgan fingerprint density at radius 2 is 2.15 bits per heavy atom. The lowest BCUT2D eigenvalue weighted by Crippen LogP contribution is -2.37. The van der Waals surface area contributed by atoms with Crippen LogP contribution in [0.4, 0.5) is 0 Å². The highest BCUT2D eigenvalue weighted by Gasteiger charge is 2.34. The molecule has 2 N–H and O–H groups in total. The fourth-order valence-corrected chi connectivity index (χ4v) is 2.19. The maximum absolute atomic E-state index is 10.3. The molecule has 13 heavy (non-hydrogen) atoms. The molecule has 1 fully saturated rings. The number of rotatable bonds is 2. The van der Waals surface area contributed by atoms with Crippen LogP contribution in [0, 0.1) is 5.92 Å². The van der Waals surface area contributed by atoms with E-state index in [1.165, 1.54) is 6.42 Å². The van der Waals surface area contributed by atoms with E-state index in [1.807, 2.05) is 19.1 Å². The Morgan fingerprint density at radius 3 is 2.77 bits per heavy atom. The molecule has 0 aromatic heterocycles. The smallest absolute Gasteiger partial charge is 0.0877 e. The van der Waals surface area contributed by atoms with Crippen LogP contribution in [-0.2, 0) is 0 Å². The first kappa shape index (κ1) is 10.7. The van der Waals surface area contributed by atoms with Crippen molar-refractivity contribution in [2.24, 2.45) is 5.92 Å². The first-order valence-corrected chi connectivity index (χ1v) is 5.20. The first-order chi connectivity index (χ1) is 6.23. The maximum atomic E-state index is 10.3. The number of allylic oxidation sites excluding steroid dienone is 1. The Labute approximate surface area is 80.3 Å². The quantitative estimate of drug-likeness (QED) is 0.508. The second-order valence-electron chi connectivity index (χ2n) is 3.97. The zero-order valence-corrected chi connectivity index (χ0v) is 8.37. The van der Waals surface area contributed by atoms with Gasteiger partial charge in [-0.15, -0.1) is 0 Å². The molecule has 0 aromatic carbocycles. The van der Waals surface area contributed by atoms with Crippen molar-refractivity contribution in [1.82, 2.24) is 0 Å². The van der Waals surface area contributed by atoms with E-state index >= 15 is 0 Å². The molecular formula is C11H20O2. The van der Waals surface area contributed by atoms with Gasteiger partial charge in [0.05, 0.1) is 5.60 Å². The number of aliphatic hydroxyl groups excluding tert-OH is 1. The molecular weight excluding hydrogens is 164 g/mol. The molecule has 0 bridgehead atoms. The van der Waals surface area contributed by atoms with Crippen LogP contribution in [0.5, 0.6) is 0 Å². The van der Waals surface area contributed by atoms with Crippen molar-refractivity contribution in [3.63, 3.8) is 0 Å². The molecule has 0 aromatic rings. The van der Waals surface area contributed by atoms with Gasteiger partial charge in [-0.3, -0.25) is 0 Å². The summed E-state index contributed by atoms with van der Waals surface area (Å²) in [6, 6.07) is 0. The third-order valence-electron chi connectivity index (χ3n) is 3.01. The Morgan fingerprint density at radius 1 is 1.38 bits per heavy atom. The Kier molecular flexibility index (Phi) is 3.94. The highest BCUT2D eigenvalue weighted by atomic mass is 16.3. The van der Waals surface area contributed by atoms with Gasteiger partial charge in [0, 0.05) is 12.5 Å². The van der Waals surface area contributed by atoms with Crippen molar-refractivity contribution < 1.29 is 10.2 Å². The van der Waals surface area contributed by atoms with Gasteiger partial charge >= 0.3 is 0 Å². The highest BCUT2D eigenvalue weighted by molar-refractivity contribution is 5.04. The molecule has 2 atom stereocenters. The molecule has 0 spiro atoms. The van der Waals surface area contributed by atoms with Gasteiger partial charge < -0.3 is 10.2 Å². The lowest BCUT2D eigenvalue weighted by atomic mass is 9.83. The summed E-state index contributed by atoms with van der Waals surface area (Å²) in [5.74, 6) is 0.0335. The molecule has 1 saturated carbocycles. The summed E-state index contributed by atoms with van der Waals surface area (Å²) in [7, 11) is 0. The normalized spacial score (nSPS) is 36.4. The van der Waals surface area contributed by atoms with E-state index in [9.17, 15) is 10.2 Å². The van der Waals surface area contributed by atoms with Crippen LogP contribution in [0.1, 0.15) is 39.0 Å². The van der Waals surface area contributed by atoms with Crippen molar-refractivity contribution in [2.45, 2.75) is 44.6 Å². The van der Waals surface area contributed by atoms with E-state index in [1.54, 1.807) is 0 Å². The third kappa shape index (κ3) is 2.55. The molecule has 2 heteroatoms. The minimum absolute atomic E-state index is 0.0335. The van der Waals surface area contributed by atoms with E-state index in [4.69, 9.17) is 0 Å². The fraction of sp³-hybridized carbons (Fsp3) is 0.818. The van der Waals surface area contributed by atoms with Crippen LogP contribution in [-0.4, -0.2) is 22.4 Å². The van der Waals surface area contributed by atoms with Gasteiger partial charge in [-0.05, 0) is 19.8 Å². The predicted octanol–water partition coefficient (Wildman–Crippen LogP) is 1.87. The van der Waals surface area contributed by atoms with Gasteiger partial charge in [0.2, 0.25) is 0 Å². The molecule has 1 aliphatic rings. The molecule has 2 nitrogen and oxygen atoms in total. The average Bonchev–Trinajstić information content (AvgIpc) is 2.27. The summed E-state index contributed by atoms with van der Waals surface area (Å²) in [5, 5.41) is 19.4. The second kappa shape index (κ2) is 4.77. The molecule has 0 aliphatic heterocycles. The summed E-state index contributed by atoms with van der Waals surface area (Å²) in [6.45, 7) is 2.01. The zero-order valence-electron chi connectivity index (χ0n) is 8.37. The van der Waals surface area contributed by atoms with Crippen LogP contribution in [0.3, 0.4) is 0 Å². The highest BCUT2D eigenvalue weighted by Crippen LogP contribution is 2.33. The van der Waals surface area contributed by atoms with Crippen LogP contribution < -0.4 is 0 Å². The number of hydrogen-bond donors (Lipinski definition) is 2. The summed E-state index contributed by atoms with van der Waals surface area (Å²) < 4.78 is 0. The largest absolute Gasteiger partial charge is 0.396 e. The third-order valence-corrected chi connectivity index (χ3v) is 3.01. The maximum Gasteiger partial charge on any atom is 0.0877 e. The Bertz CT molecular complexity index is 177. The van der Waals surface area contributed by atoms with Crippen molar-refractivity contribution in [2.75, 3.05) is 6.61 Å². The summed E-state index contributed by atoms with van der Waals surface area (Å²) in [4.78, 5) is 0. The predicted molar refractivity (Wildman–Crippen MR) is 53.4 cm³/mol. The van der Waals surface area contributed by atoms with Gasteiger partial charge in [0.25, 0.3) is 0 Å². The Hall–Kier alpha value is -0.340. The van der Waals surface area contributed by atoms with Crippen molar-refractivity contribution in [3.05, 3.63) is 12.2 Å². The SMILES string of the molecule is C/C=C/[C@@]1(O)CCCCC[C@H]1CO. The van der Waals surface area contributed by atoms with Gasteiger partial charge in [-0.25, -0.2) is 0 Å². The summed E-state index contributed by atoms with van der Waals surface area (Å²) >= 11 is 0. The molecule has 76 valence electrons. The zero-order chi connectivity index (χ0) is 9.73. The van der Waals surface area contributed by atoms with E-state index in [2.05, 4.69) is 0 Å². The molecule has 1 rings (SSSR count). The van der Waals surface area contributed by atoms with E-state index in [-0.39, 0.29) is 12.5 Å². The van der Waals surface area contributed by atoms with E-state index < -0.39 is 5.60 Å². The minimum atomic E-state index is -0.750. The molecule has 1 aliphatic carbocycles. The van der Waals surface area contributed by atoms with Gasteiger partial charge in [0.15, 0.2) is 0 Å². The van der Waals surface area contributed by atoms with Crippen LogP contribution in [0.25, 0.3) is 0 Å². The fourth-order valence-electron chi connectivity index (χ4n) is 2.19. The van der Waals surface area contributed by atoms with E-state index in [0.29, 0.717) is 0 Å². The van der Waals surface area contributed by atoms with Crippen LogP contribution in [0.15, 0.2) is 12.2 Å². The summed E-state index contributed by atoms with van der Waals surface area (Å²) in [5.41, 5.74) is -0.750. The first-order valence-electron chi connectivity index (χ1n) is 5.20. The van der Waals surface area contributed by atoms with Crippen molar-refractivity contribution >= 4 is 0 Å². The minimum Gasteiger partial charge on any atom is -0.396 e. The topological polar surface area (TPSA) is 40.5 Å². The van der Waals surface area contributed by atoms with Gasteiger partial charge in [0.1, 0.15) is 0 Å². The Balaban J connectivity index is 2.73. The number of hydrogen-bond acceptors (Lipinski definition) is 2. The van der Waals surface area contributed by atoms with Crippen LogP contribution >= 0.6 is 0 Å². The standard InChI is InChI=1S/C11H20O2/c1-2-7-11(13)8-5-3-4-6-10(11)9-12/h2,7,10,12-13H,3-6,8-9H2,1H3/b7-2+/t10-,11+/m0/s1. The molecule has 0 amide bonds. The molecule has 0 heterocycles. The molecule has 0 radical (unpaired) electrons. The van der Waals surface area contributed by atoms with Crippen LogP contribution in [0.2, 0.25) is 0 Å². The van der Waals surface area contributed by atoms with Crippen molar-refractivity contribution in [1.29, 1.82) is 0 Å². The molecule has 0 unspecified atom stereocenters. The summed E-state index contributed by atoms with van der Waals surface area (Å²) in [6.07, 6.45) is 8.84. The molecule has 0 saturated heterocycles. The van der Waals surface area contributed by atoms with E-state index in [0.717, 1.165) is 25.7 Å².